The summed E-state index contributed by atoms with van der Waals surface area (Å²) in [6, 6.07) is 0. The fraction of sp³-hybridized carbons (Fsp3) is 0.625. The van der Waals surface area contributed by atoms with Crippen LogP contribution in [0.25, 0.3) is 0 Å². The lowest BCUT2D eigenvalue weighted by atomic mass is 10.2. The zero-order valence-electron chi connectivity index (χ0n) is 6.49. The van der Waals surface area contributed by atoms with Gasteiger partial charge < -0.3 is 9.84 Å². The van der Waals surface area contributed by atoms with Gasteiger partial charge in [-0.25, -0.2) is 0 Å². The van der Waals surface area contributed by atoms with Crippen LogP contribution < -0.4 is 0 Å². The lowest BCUT2D eigenvalue weighted by Gasteiger charge is -2.14. The molecule has 3 heteroatoms. The summed E-state index contributed by atoms with van der Waals surface area (Å²) in [5.74, 6) is -0.252. The van der Waals surface area contributed by atoms with Crippen molar-refractivity contribution in [1.29, 1.82) is 0 Å². The number of hydrogen-bond acceptors (Lipinski definition) is 3. The number of carbonyl (C=O) groups excluding carboxylic acids is 1. The molecule has 0 aliphatic heterocycles. The van der Waals surface area contributed by atoms with E-state index in [4.69, 9.17) is 9.84 Å². The van der Waals surface area contributed by atoms with Gasteiger partial charge >= 0.3 is 5.97 Å². The van der Waals surface area contributed by atoms with Crippen LogP contribution in [-0.4, -0.2) is 23.3 Å². The van der Waals surface area contributed by atoms with Crippen LogP contribution in [0.1, 0.15) is 19.8 Å². The SMILES string of the molecule is CCC(=O)OC1CC=CC1O. The van der Waals surface area contributed by atoms with Gasteiger partial charge in [0.1, 0.15) is 12.2 Å². The van der Waals surface area contributed by atoms with Crippen LogP contribution in [-0.2, 0) is 9.53 Å². The highest BCUT2D eigenvalue weighted by Crippen LogP contribution is 2.14. The molecule has 2 unspecified atom stereocenters. The fourth-order valence-electron chi connectivity index (χ4n) is 0.985. The van der Waals surface area contributed by atoms with Crippen molar-refractivity contribution in [3.05, 3.63) is 12.2 Å². The second-order valence-electron chi connectivity index (χ2n) is 2.54. The topological polar surface area (TPSA) is 46.5 Å². The van der Waals surface area contributed by atoms with Gasteiger partial charge in [0.25, 0.3) is 0 Å². The van der Waals surface area contributed by atoms with E-state index in [1.54, 1.807) is 13.0 Å². The van der Waals surface area contributed by atoms with Crippen molar-refractivity contribution in [2.24, 2.45) is 0 Å². The van der Waals surface area contributed by atoms with Gasteiger partial charge in [0.15, 0.2) is 0 Å². The molecule has 1 rings (SSSR count). The van der Waals surface area contributed by atoms with E-state index in [0.717, 1.165) is 0 Å². The molecule has 2 atom stereocenters. The van der Waals surface area contributed by atoms with Crippen LogP contribution in [0.2, 0.25) is 0 Å². The quantitative estimate of drug-likeness (QED) is 0.471. The molecule has 0 saturated carbocycles. The molecular formula is C8H12O3. The second-order valence-corrected chi connectivity index (χ2v) is 2.54. The Morgan fingerprint density at radius 2 is 2.55 bits per heavy atom. The number of aliphatic hydroxyl groups is 1. The number of aliphatic hydroxyl groups excluding tert-OH is 1. The van der Waals surface area contributed by atoms with Crippen LogP contribution in [0.15, 0.2) is 12.2 Å². The highest BCUT2D eigenvalue weighted by molar-refractivity contribution is 5.69. The van der Waals surface area contributed by atoms with Gasteiger partial charge in [-0.15, -0.1) is 0 Å². The number of carbonyl (C=O) groups is 1. The van der Waals surface area contributed by atoms with Gasteiger partial charge in [-0.05, 0) is 0 Å². The van der Waals surface area contributed by atoms with Crippen molar-refractivity contribution in [1.82, 2.24) is 0 Å². The monoisotopic (exact) mass is 156 g/mol. The molecule has 0 fully saturated rings. The van der Waals surface area contributed by atoms with Crippen LogP contribution in [0.3, 0.4) is 0 Å². The van der Waals surface area contributed by atoms with Gasteiger partial charge in [0.05, 0.1) is 0 Å². The standard InChI is InChI=1S/C8H12O3/c1-2-8(10)11-7-5-3-4-6(7)9/h3-4,6-7,9H,2,5H2,1H3. The molecule has 1 aliphatic rings. The van der Waals surface area contributed by atoms with Crippen molar-refractivity contribution in [3.63, 3.8) is 0 Å². The Morgan fingerprint density at radius 3 is 3.00 bits per heavy atom. The first-order chi connectivity index (χ1) is 5.24. The Bertz CT molecular complexity index is 174. The minimum absolute atomic E-state index is 0.252. The van der Waals surface area contributed by atoms with Crippen molar-refractivity contribution in [3.8, 4) is 0 Å². The van der Waals surface area contributed by atoms with Crippen LogP contribution in [0.5, 0.6) is 0 Å². The molecule has 0 aromatic rings. The molecule has 0 saturated heterocycles. The van der Waals surface area contributed by atoms with Crippen LogP contribution in [0, 0.1) is 0 Å². The van der Waals surface area contributed by atoms with E-state index in [0.29, 0.717) is 12.8 Å². The average Bonchev–Trinajstić information content (AvgIpc) is 2.37. The molecule has 0 heterocycles. The Labute approximate surface area is 65.7 Å². The minimum Gasteiger partial charge on any atom is -0.459 e. The summed E-state index contributed by atoms with van der Waals surface area (Å²) in [4.78, 5) is 10.8. The molecule has 0 bridgehead atoms. The third-order valence-electron chi connectivity index (χ3n) is 1.65. The van der Waals surface area contributed by atoms with Crippen molar-refractivity contribution >= 4 is 5.97 Å². The maximum atomic E-state index is 10.8. The zero-order valence-corrected chi connectivity index (χ0v) is 6.49. The lowest BCUT2D eigenvalue weighted by Crippen LogP contribution is -2.25. The predicted octanol–water partition coefficient (Wildman–Crippen LogP) is 0.629. The molecule has 1 aliphatic carbocycles. The lowest BCUT2D eigenvalue weighted by molar-refractivity contribution is -0.152. The molecule has 0 amide bonds. The largest absolute Gasteiger partial charge is 0.459 e. The summed E-state index contributed by atoms with van der Waals surface area (Å²) in [5, 5.41) is 9.17. The smallest absolute Gasteiger partial charge is 0.305 e. The molecule has 0 spiro atoms. The van der Waals surface area contributed by atoms with Gasteiger partial charge in [-0.3, -0.25) is 4.79 Å². The minimum atomic E-state index is -0.606. The van der Waals surface area contributed by atoms with Gasteiger partial charge in [-0.1, -0.05) is 19.1 Å². The summed E-state index contributed by atoms with van der Waals surface area (Å²) in [6.45, 7) is 1.73. The summed E-state index contributed by atoms with van der Waals surface area (Å²) in [7, 11) is 0. The zero-order chi connectivity index (χ0) is 8.27. The molecule has 0 aromatic heterocycles. The Kier molecular flexibility index (Phi) is 2.65. The first-order valence-electron chi connectivity index (χ1n) is 3.78. The summed E-state index contributed by atoms with van der Waals surface area (Å²) < 4.78 is 4.92. The van der Waals surface area contributed by atoms with Crippen molar-refractivity contribution < 1.29 is 14.6 Å². The van der Waals surface area contributed by atoms with E-state index in [9.17, 15) is 4.79 Å². The van der Waals surface area contributed by atoms with E-state index in [1.165, 1.54) is 0 Å². The first-order valence-corrected chi connectivity index (χ1v) is 3.78. The number of ether oxygens (including phenoxy) is 1. The van der Waals surface area contributed by atoms with E-state index in [-0.39, 0.29) is 12.1 Å². The Balaban J connectivity index is 2.33. The molecule has 0 aromatic carbocycles. The van der Waals surface area contributed by atoms with Crippen LogP contribution in [0.4, 0.5) is 0 Å². The summed E-state index contributed by atoms with van der Waals surface area (Å²) in [5.41, 5.74) is 0. The molecule has 3 nitrogen and oxygen atoms in total. The number of rotatable bonds is 2. The maximum Gasteiger partial charge on any atom is 0.305 e. The number of hydrogen-bond donors (Lipinski definition) is 1. The third kappa shape index (κ3) is 2.05. The summed E-state index contributed by atoms with van der Waals surface area (Å²) in [6.07, 6.45) is 3.51. The first kappa shape index (κ1) is 8.27. The van der Waals surface area contributed by atoms with Crippen molar-refractivity contribution in [2.75, 3.05) is 0 Å². The van der Waals surface area contributed by atoms with E-state index >= 15 is 0 Å². The van der Waals surface area contributed by atoms with Crippen molar-refractivity contribution in [2.45, 2.75) is 32.0 Å². The molecule has 1 N–H and O–H groups in total. The molecule has 11 heavy (non-hydrogen) atoms. The second kappa shape index (κ2) is 3.53. The average molecular weight is 156 g/mol. The van der Waals surface area contributed by atoms with Crippen LogP contribution >= 0.6 is 0 Å². The van der Waals surface area contributed by atoms with E-state index in [2.05, 4.69) is 0 Å². The van der Waals surface area contributed by atoms with Gasteiger partial charge in [-0.2, -0.15) is 0 Å². The molecular weight excluding hydrogens is 144 g/mol. The Morgan fingerprint density at radius 1 is 1.82 bits per heavy atom. The van der Waals surface area contributed by atoms with Gasteiger partial charge in [0.2, 0.25) is 0 Å². The van der Waals surface area contributed by atoms with E-state index < -0.39 is 6.10 Å². The maximum absolute atomic E-state index is 10.8. The molecule has 62 valence electrons. The fourth-order valence-corrected chi connectivity index (χ4v) is 0.985. The number of esters is 1. The third-order valence-corrected chi connectivity index (χ3v) is 1.65. The highest BCUT2D eigenvalue weighted by Gasteiger charge is 2.23. The van der Waals surface area contributed by atoms with E-state index in [1.807, 2.05) is 6.08 Å². The van der Waals surface area contributed by atoms with Gasteiger partial charge in [0, 0.05) is 12.8 Å². The highest BCUT2D eigenvalue weighted by atomic mass is 16.6. The Hall–Kier alpha value is -0.830. The predicted molar refractivity (Wildman–Crippen MR) is 39.9 cm³/mol. The summed E-state index contributed by atoms with van der Waals surface area (Å²) >= 11 is 0. The molecule has 0 radical (unpaired) electrons. The normalized spacial score (nSPS) is 28.9.